The quantitative estimate of drug-likeness (QED) is 0.557. The second-order valence-corrected chi connectivity index (χ2v) is 7.36. The number of rotatable bonds is 6. The molecule has 1 aliphatic rings. The fourth-order valence-electron chi connectivity index (χ4n) is 3.02. The predicted molar refractivity (Wildman–Crippen MR) is 114 cm³/mol. The van der Waals surface area contributed by atoms with E-state index in [1.165, 1.54) is 0 Å². The molecule has 154 valence electrons. The van der Waals surface area contributed by atoms with Gasteiger partial charge in [-0.3, -0.25) is 0 Å². The average molecular weight is 417 g/mol. The minimum Gasteiger partial charge on any atom is -0.376 e. The molecule has 4 N–H and O–H groups in total. The number of hydrogen-bond donors (Lipinski definition) is 4. The van der Waals surface area contributed by atoms with Gasteiger partial charge < -0.3 is 26.0 Å². The van der Waals surface area contributed by atoms with Crippen molar-refractivity contribution in [3.05, 3.63) is 59.1 Å². The Labute approximate surface area is 175 Å². The number of benzene rings is 2. The first-order valence-electron chi connectivity index (χ1n) is 9.59. The van der Waals surface area contributed by atoms with Crippen molar-refractivity contribution >= 4 is 35.0 Å². The molecular weight excluding hydrogens is 392 g/mol. The number of amides is 4. The van der Waals surface area contributed by atoms with E-state index in [0.717, 1.165) is 25.0 Å². The smallest absolute Gasteiger partial charge is 0.319 e. The van der Waals surface area contributed by atoms with Crippen molar-refractivity contribution < 1.29 is 14.3 Å². The lowest BCUT2D eigenvalue weighted by Crippen LogP contribution is -2.35. The summed E-state index contributed by atoms with van der Waals surface area (Å²) in [5.74, 6) is 0. The Bertz CT molecular complexity index is 821. The Hall–Kier alpha value is -2.77. The van der Waals surface area contributed by atoms with Crippen LogP contribution in [0.4, 0.5) is 21.0 Å². The van der Waals surface area contributed by atoms with Crippen LogP contribution < -0.4 is 21.3 Å². The first-order chi connectivity index (χ1) is 14.0. The van der Waals surface area contributed by atoms with Gasteiger partial charge in [-0.1, -0.05) is 23.7 Å². The lowest BCUT2D eigenvalue weighted by Gasteiger charge is -2.15. The number of nitrogens with one attached hydrogen (secondary N) is 4. The second kappa shape index (κ2) is 10.1. The fraction of sp³-hybridized carbons (Fsp3) is 0.333. The van der Waals surface area contributed by atoms with Crippen LogP contribution in [0, 0.1) is 0 Å². The van der Waals surface area contributed by atoms with Crippen LogP contribution in [0.5, 0.6) is 0 Å². The Kier molecular flexibility index (Phi) is 7.32. The van der Waals surface area contributed by atoms with Gasteiger partial charge in [0.2, 0.25) is 0 Å². The molecule has 1 heterocycles. The third-order valence-corrected chi connectivity index (χ3v) is 4.88. The van der Waals surface area contributed by atoms with Crippen molar-refractivity contribution in [3.63, 3.8) is 0 Å². The van der Waals surface area contributed by atoms with Crippen molar-refractivity contribution in [2.45, 2.75) is 31.9 Å². The zero-order chi connectivity index (χ0) is 20.6. The van der Waals surface area contributed by atoms with Gasteiger partial charge in [-0.25, -0.2) is 9.59 Å². The zero-order valence-corrected chi connectivity index (χ0v) is 17.0. The molecule has 3 rings (SSSR count). The van der Waals surface area contributed by atoms with Gasteiger partial charge in [-0.15, -0.1) is 0 Å². The molecule has 0 aliphatic carbocycles. The topological polar surface area (TPSA) is 91.5 Å². The largest absolute Gasteiger partial charge is 0.376 e. The van der Waals surface area contributed by atoms with Crippen LogP contribution in [0.2, 0.25) is 5.02 Å². The summed E-state index contributed by atoms with van der Waals surface area (Å²) >= 11 is 5.89. The standard InChI is InChI=1S/C21H25ClN4O3/c1-14(15-4-6-16(22)7-5-15)24-21(28)26-18-10-8-17(9-11-18)25-20(27)23-13-19-3-2-12-29-19/h4-11,14,19H,2-3,12-13H2,1H3,(H2,23,25,27)(H2,24,26,28). The summed E-state index contributed by atoms with van der Waals surface area (Å²) in [5.41, 5.74) is 2.21. The molecule has 0 spiro atoms. The third kappa shape index (κ3) is 6.66. The lowest BCUT2D eigenvalue weighted by molar-refractivity contribution is 0.112. The highest BCUT2D eigenvalue weighted by molar-refractivity contribution is 6.30. The third-order valence-electron chi connectivity index (χ3n) is 4.63. The van der Waals surface area contributed by atoms with Gasteiger partial charge in [-0.05, 0) is 61.7 Å². The zero-order valence-electron chi connectivity index (χ0n) is 16.2. The molecule has 0 radical (unpaired) electrons. The molecule has 4 amide bonds. The van der Waals surface area contributed by atoms with Crippen LogP contribution >= 0.6 is 11.6 Å². The average Bonchev–Trinajstić information content (AvgIpc) is 3.22. The Balaban J connectivity index is 1.43. The first-order valence-corrected chi connectivity index (χ1v) is 9.97. The van der Waals surface area contributed by atoms with Gasteiger partial charge in [0.1, 0.15) is 0 Å². The molecule has 7 nitrogen and oxygen atoms in total. The Morgan fingerprint density at radius 2 is 1.66 bits per heavy atom. The van der Waals surface area contributed by atoms with E-state index in [-0.39, 0.29) is 24.2 Å². The number of ether oxygens (including phenoxy) is 1. The summed E-state index contributed by atoms with van der Waals surface area (Å²) in [6.07, 6.45) is 2.11. The van der Waals surface area contributed by atoms with Crippen LogP contribution in [-0.4, -0.2) is 31.3 Å². The van der Waals surface area contributed by atoms with E-state index in [1.54, 1.807) is 36.4 Å². The van der Waals surface area contributed by atoms with Crippen LogP contribution in [0.25, 0.3) is 0 Å². The molecule has 8 heteroatoms. The SMILES string of the molecule is CC(NC(=O)Nc1ccc(NC(=O)NCC2CCCO2)cc1)c1ccc(Cl)cc1. The molecular formula is C21H25ClN4O3. The highest BCUT2D eigenvalue weighted by Crippen LogP contribution is 2.17. The monoisotopic (exact) mass is 416 g/mol. The molecule has 0 saturated carbocycles. The lowest BCUT2D eigenvalue weighted by atomic mass is 10.1. The number of anilines is 2. The van der Waals surface area contributed by atoms with Crippen molar-refractivity contribution in [3.8, 4) is 0 Å². The maximum absolute atomic E-state index is 12.2. The molecule has 1 aliphatic heterocycles. The summed E-state index contributed by atoms with van der Waals surface area (Å²) in [6.45, 7) is 3.15. The summed E-state index contributed by atoms with van der Waals surface area (Å²) in [5, 5.41) is 11.9. The highest BCUT2D eigenvalue weighted by atomic mass is 35.5. The minimum atomic E-state index is -0.317. The molecule has 1 fully saturated rings. The molecule has 2 aromatic rings. The molecule has 1 saturated heterocycles. The molecule has 29 heavy (non-hydrogen) atoms. The maximum Gasteiger partial charge on any atom is 0.319 e. The first kappa shape index (κ1) is 21.0. The maximum atomic E-state index is 12.2. The Morgan fingerprint density at radius 1 is 1.03 bits per heavy atom. The van der Waals surface area contributed by atoms with Crippen molar-refractivity contribution in [2.24, 2.45) is 0 Å². The number of hydrogen-bond acceptors (Lipinski definition) is 3. The summed E-state index contributed by atoms with van der Waals surface area (Å²) < 4.78 is 5.47. The van der Waals surface area contributed by atoms with Crippen molar-refractivity contribution in [2.75, 3.05) is 23.8 Å². The molecule has 0 bridgehead atoms. The molecule has 2 unspecified atom stereocenters. The van der Waals surface area contributed by atoms with Crippen LogP contribution in [0.15, 0.2) is 48.5 Å². The fourth-order valence-corrected chi connectivity index (χ4v) is 3.15. The number of urea groups is 2. The van der Waals surface area contributed by atoms with Gasteiger partial charge in [-0.2, -0.15) is 0 Å². The van der Waals surface area contributed by atoms with E-state index in [2.05, 4.69) is 21.3 Å². The number of carbonyl (C=O) groups excluding carboxylic acids is 2. The van der Waals surface area contributed by atoms with E-state index in [4.69, 9.17) is 16.3 Å². The molecule has 2 atom stereocenters. The summed E-state index contributed by atoms with van der Waals surface area (Å²) in [4.78, 5) is 24.1. The van der Waals surface area contributed by atoms with Gasteiger partial charge >= 0.3 is 12.1 Å². The number of halogens is 1. The van der Waals surface area contributed by atoms with E-state index < -0.39 is 0 Å². The number of carbonyl (C=O) groups is 2. The second-order valence-electron chi connectivity index (χ2n) is 6.92. The predicted octanol–water partition coefficient (Wildman–Crippen LogP) is 4.52. The minimum absolute atomic E-state index is 0.0982. The molecule has 2 aromatic carbocycles. The van der Waals surface area contributed by atoms with Crippen molar-refractivity contribution in [1.29, 1.82) is 0 Å². The van der Waals surface area contributed by atoms with E-state index in [1.807, 2.05) is 19.1 Å². The normalized spacial score (nSPS) is 16.7. The Morgan fingerprint density at radius 3 is 2.24 bits per heavy atom. The van der Waals surface area contributed by atoms with Crippen LogP contribution in [0.3, 0.4) is 0 Å². The van der Waals surface area contributed by atoms with Gasteiger partial charge in [0.15, 0.2) is 0 Å². The molecule has 0 aromatic heterocycles. The van der Waals surface area contributed by atoms with E-state index in [0.29, 0.717) is 22.9 Å². The van der Waals surface area contributed by atoms with Gasteiger partial charge in [0.05, 0.1) is 12.1 Å². The van der Waals surface area contributed by atoms with Gasteiger partial charge in [0.25, 0.3) is 0 Å². The summed E-state index contributed by atoms with van der Waals surface area (Å²) in [7, 11) is 0. The van der Waals surface area contributed by atoms with E-state index in [9.17, 15) is 9.59 Å². The van der Waals surface area contributed by atoms with E-state index >= 15 is 0 Å². The van der Waals surface area contributed by atoms with Crippen molar-refractivity contribution in [1.82, 2.24) is 10.6 Å². The van der Waals surface area contributed by atoms with Crippen LogP contribution in [0.1, 0.15) is 31.4 Å². The van der Waals surface area contributed by atoms with Crippen LogP contribution in [-0.2, 0) is 4.74 Å². The highest BCUT2D eigenvalue weighted by Gasteiger charge is 2.16. The van der Waals surface area contributed by atoms with Gasteiger partial charge in [0, 0.05) is 29.5 Å². The summed E-state index contributed by atoms with van der Waals surface area (Å²) in [6, 6.07) is 13.5.